The van der Waals surface area contributed by atoms with Crippen LogP contribution < -0.4 is 9.47 Å². The second-order valence-corrected chi connectivity index (χ2v) is 4.74. The maximum Gasteiger partial charge on any atom is 0.185 e. The lowest BCUT2D eigenvalue weighted by molar-refractivity contribution is 0.104. The van der Waals surface area contributed by atoms with Crippen LogP contribution in [0.25, 0.3) is 6.08 Å². The third-order valence-electron chi connectivity index (χ3n) is 3.16. The predicted molar refractivity (Wildman–Crippen MR) is 86.5 cm³/mol. The summed E-state index contributed by atoms with van der Waals surface area (Å²) in [5, 5.41) is 0. The molecule has 0 bridgehead atoms. The molecular formula is C18H19NO3. The van der Waals surface area contributed by atoms with E-state index in [0.717, 1.165) is 16.9 Å². The first-order valence-corrected chi connectivity index (χ1v) is 7.09. The van der Waals surface area contributed by atoms with Crippen LogP contribution in [0.5, 0.6) is 11.5 Å². The van der Waals surface area contributed by atoms with Gasteiger partial charge in [-0.25, -0.2) is 0 Å². The molecule has 2 aromatic rings. The van der Waals surface area contributed by atoms with Crippen molar-refractivity contribution in [3.8, 4) is 11.5 Å². The molecule has 0 atom stereocenters. The Hall–Kier alpha value is -2.62. The highest BCUT2D eigenvalue weighted by Crippen LogP contribution is 2.32. The van der Waals surface area contributed by atoms with E-state index in [1.165, 1.54) is 0 Å². The van der Waals surface area contributed by atoms with E-state index in [1.54, 1.807) is 43.8 Å². The average molecular weight is 297 g/mol. The Bertz CT molecular complexity index is 678. The van der Waals surface area contributed by atoms with Gasteiger partial charge in [0.1, 0.15) is 0 Å². The van der Waals surface area contributed by atoms with E-state index in [0.29, 0.717) is 17.9 Å². The molecule has 1 heterocycles. The van der Waals surface area contributed by atoms with Gasteiger partial charge in [-0.3, -0.25) is 9.78 Å². The molecule has 0 amide bonds. The molecule has 1 aromatic carbocycles. The summed E-state index contributed by atoms with van der Waals surface area (Å²) < 4.78 is 10.9. The number of ketones is 1. The summed E-state index contributed by atoms with van der Waals surface area (Å²) in [4.78, 5) is 16.0. The molecule has 114 valence electrons. The van der Waals surface area contributed by atoms with Crippen molar-refractivity contribution in [3.05, 3.63) is 59.4 Å². The van der Waals surface area contributed by atoms with Crippen LogP contribution in [0, 0.1) is 6.92 Å². The normalized spacial score (nSPS) is 10.7. The quantitative estimate of drug-likeness (QED) is 0.602. The summed E-state index contributed by atoms with van der Waals surface area (Å²) in [5.74, 6) is 1.34. The van der Waals surface area contributed by atoms with Crippen molar-refractivity contribution in [3.63, 3.8) is 0 Å². The van der Waals surface area contributed by atoms with Gasteiger partial charge in [-0.15, -0.1) is 0 Å². The van der Waals surface area contributed by atoms with Crippen molar-refractivity contribution >= 4 is 11.9 Å². The van der Waals surface area contributed by atoms with E-state index in [9.17, 15) is 4.79 Å². The van der Waals surface area contributed by atoms with Crippen LogP contribution in [0.4, 0.5) is 0 Å². The fourth-order valence-electron chi connectivity index (χ4n) is 2.17. The standard InChI is InChI=1S/C18H19NO3/c1-4-22-17-12-14(11-13(2)18(17)21-3)5-6-16(20)15-7-9-19-10-8-15/h5-12H,4H2,1-3H3/b6-5+. The monoisotopic (exact) mass is 297 g/mol. The number of methoxy groups -OCH3 is 1. The minimum atomic E-state index is -0.0613. The van der Waals surface area contributed by atoms with E-state index >= 15 is 0 Å². The van der Waals surface area contributed by atoms with Gasteiger partial charge < -0.3 is 9.47 Å². The molecule has 0 saturated heterocycles. The Morgan fingerprint density at radius 3 is 2.64 bits per heavy atom. The largest absolute Gasteiger partial charge is 0.493 e. The lowest BCUT2D eigenvalue weighted by atomic mass is 10.1. The highest BCUT2D eigenvalue weighted by molar-refractivity contribution is 6.06. The fourth-order valence-corrected chi connectivity index (χ4v) is 2.17. The minimum absolute atomic E-state index is 0.0613. The Balaban J connectivity index is 2.26. The van der Waals surface area contributed by atoms with Crippen LogP contribution in [0.3, 0.4) is 0 Å². The van der Waals surface area contributed by atoms with Gasteiger partial charge in [-0.2, -0.15) is 0 Å². The van der Waals surface area contributed by atoms with Crippen molar-refractivity contribution < 1.29 is 14.3 Å². The summed E-state index contributed by atoms with van der Waals surface area (Å²) in [6, 6.07) is 7.21. The van der Waals surface area contributed by atoms with E-state index in [2.05, 4.69) is 4.98 Å². The third kappa shape index (κ3) is 3.73. The zero-order valence-electron chi connectivity index (χ0n) is 13.0. The predicted octanol–water partition coefficient (Wildman–Crippen LogP) is 3.69. The SMILES string of the molecule is CCOc1cc(/C=C/C(=O)c2ccncc2)cc(C)c1OC. The Morgan fingerprint density at radius 1 is 1.27 bits per heavy atom. The third-order valence-corrected chi connectivity index (χ3v) is 3.16. The zero-order chi connectivity index (χ0) is 15.9. The van der Waals surface area contributed by atoms with Gasteiger partial charge >= 0.3 is 0 Å². The van der Waals surface area contributed by atoms with Crippen molar-refractivity contribution in [2.75, 3.05) is 13.7 Å². The number of benzene rings is 1. The number of rotatable bonds is 6. The highest BCUT2D eigenvalue weighted by atomic mass is 16.5. The minimum Gasteiger partial charge on any atom is -0.493 e. The first-order chi connectivity index (χ1) is 10.7. The summed E-state index contributed by atoms with van der Waals surface area (Å²) in [6.07, 6.45) is 6.53. The molecule has 0 spiro atoms. The average Bonchev–Trinajstić information content (AvgIpc) is 2.53. The maximum absolute atomic E-state index is 12.1. The van der Waals surface area contributed by atoms with Gasteiger partial charge in [0.05, 0.1) is 13.7 Å². The number of allylic oxidation sites excluding steroid dienone is 1. The van der Waals surface area contributed by atoms with Gasteiger partial charge in [0.2, 0.25) is 0 Å². The molecule has 2 rings (SSSR count). The number of hydrogen-bond acceptors (Lipinski definition) is 4. The molecule has 4 nitrogen and oxygen atoms in total. The summed E-state index contributed by atoms with van der Waals surface area (Å²) in [6.45, 7) is 4.42. The van der Waals surface area contributed by atoms with Crippen molar-refractivity contribution in [2.24, 2.45) is 0 Å². The zero-order valence-corrected chi connectivity index (χ0v) is 13.0. The molecule has 0 unspecified atom stereocenters. The van der Waals surface area contributed by atoms with Gasteiger partial charge in [0.15, 0.2) is 17.3 Å². The fraction of sp³-hybridized carbons (Fsp3) is 0.222. The van der Waals surface area contributed by atoms with Gasteiger partial charge in [0, 0.05) is 18.0 Å². The van der Waals surface area contributed by atoms with Crippen molar-refractivity contribution in [2.45, 2.75) is 13.8 Å². The lowest BCUT2D eigenvalue weighted by Crippen LogP contribution is -1.98. The molecule has 0 radical (unpaired) electrons. The Labute approximate surface area is 130 Å². The molecule has 1 aromatic heterocycles. The molecular weight excluding hydrogens is 278 g/mol. The molecule has 0 N–H and O–H groups in total. The topological polar surface area (TPSA) is 48.4 Å². The van der Waals surface area contributed by atoms with E-state index in [4.69, 9.17) is 9.47 Å². The second-order valence-electron chi connectivity index (χ2n) is 4.74. The Morgan fingerprint density at radius 2 is 2.00 bits per heavy atom. The van der Waals surface area contributed by atoms with Crippen LogP contribution >= 0.6 is 0 Å². The van der Waals surface area contributed by atoms with Crippen LogP contribution in [-0.4, -0.2) is 24.5 Å². The number of hydrogen-bond donors (Lipinski definition) is 0. The molecule has 0 aliphatic rings. The van der Waals surface area contributed by atoms with Crippen LogP contribution in [-0.2, 0) is 0 Å². The smallest absolute Gasteiger partial charge is 0.185 e. The molecule has 0 saturated carbocycles. The molecule has 22 heavy (non-hydrogen) atoms. The first kappa shape index (κ1) is 15.8. The number of nitrogens with zero attached hydrogens (tertiary/aromatic N) is 1. The van der Waals surface area contributed by atoms with Crippen molar-refractivity contribution in [1.82, 2.24) is 4.98 Å². The second kappa shape index (κ2) is 7.41. The summed E-state index contributed by atoms with van der Waals surface area (Å²) in [5.41, 5.74) is 2.47. The van der Waals surface area contributed by atoms with Crippen LogP contribution in [0.15, 0.2) is 42.7 Å². The lowest BCUT2D eigenvalue weighted by Gasteiger charge is -2.12. The van der Waals surface area contributed by atoms with E-state index in [-0.39, 0.29) is 5.78 Å². The molecule has 0 aliphatic heterocycles. The number of pyridine rings is 1. The number of carbonyl (C=O) groups is 1. The Kier molecular flexibility index (Phi) is 5.31. The number of aryl methyl sites for hydroxylation is 1. The molecule has 0 fully saturated rings. The van der Waals surface area contributed by atoms with Crippen molar-refractivity contribution in [1.29, 1.82) is 0 Å². The van der Waals surface area contributed by atoms with Gasteiger partial charge in [0.25, 0.3) is 0 Å². The van der Waals surface area contributed by atoms with E-state index in [1.807, 2.05) is 26.0 Å². The number of carbonyl (C=O) groups excluding carboxylic acids is 1. The highest BCUT2D eigenvalue weighted by Gasteiger charge is 2.09. The first-order valence-electron chi connectivity index (χ1n) is 7.09. The van der Waals surface area contributed by atoms with Crippen LogP contribution in [0.1, 0.15) is 28.4 Å². The number of aromatic nitrogens is 1. The molecule has 4 heteroatoms. The van der Waals surface area contributed by atoms with Crippen LogP contribution in [0.2, 0.25) is 0 Å². The summed E-state index contributed by atoms with van der Waals surface area (Å²) in [7, 11) is 1.62. The maximum atomic E-state index is 12.1. The van der Waals surface area contributed by atoms with E-state index < -0.39 is 0 Å². The van der Waals surface area contributed by atoms with Gasteiger partial charge in [-0.1, -0.05) is 6.08 Å². The summed E-state index contributed by atoms with van der Waals surface area (Å²) >= 11 is 0. The molecule has 0 aliphatic carbocycles. The number of ether oxygens (including phenoxy) is 2. The van der Waals surface area contributed by atoms with Gasteiger partial charge in [-0.05, 0) is 55.3 Å².